The maximum atomic E-state index is 2.47. The van der Waals surface area contributed by atoms with Crippen molar-refractivity contribution < 1.29 is 0 Å². The Labute approximate surface area is 546 Å². The van der Waals surface area contributed by atoms with Crippen LogP contribution in [0, 0.1) is 0 Å². The fourth-order valence-electron chi connectivity index (χ4n) is 14.8. The third-order valence-electron chi connectivity index (χ3n) is 18.6. The molecule has 0 atom stereocenters. The van der Waals surface area contributed by atoms with E-state index in [0.717, 1.165) is 0 Å². The van der Waals surface area contributed by atoms with Crippen molar-refractivity contribution in [2.24, 2.45) is 0 Å². The van der Waals surface area contributed by atoms with Crippen molar-refractivity contribution in [3.63, 3.8) is 0 Å². The highest BCUT2D eigenvalue weighted by atomic mass is 32.1. The fraction of sp³-hybridized carbons (Fsp3) is 0. The topological polar surface area (TPSA) is 9.86 Å². The smallest absolute Gasteiger partial charge is 0.0734 e. The minimum atomic E-state index is 1.19. The molecule has 6 aromatic heterocycles. The number of para-hydroxylation sites is 4. The van der Waals surface area contributed by atoms with Crippen LogP contribution in [0.1, 0.15) is 0 Å². The van der Waals surface area contributed by atoms with Crippen molar-refractivity contribution in [2.75, 3.05) is 0 Å². The van der Waals surface area contributed by atoms with Gasteiger partial charge in [0.15, 0.2) is 0 Å². The molecular weight excluding hydrogens is 1190 g/mol. The maximum Gasteiger partial charge on any atom is 0.0734 e. The standard InChI is InChI=1S/C44H27NS2.C42H25NS2/c1-3-14-28(15-4-1)30-21-11-24-36-40-33(22-12-26-38(40)46-43(30)36)31-18-7-8-19-32(31)34-23-13-27-39-41(34)42-44(47-39)35-20-9-10-25-37(35)45(42)29-16-5-2-6-17-29;1-2-13-27(14-3-1)43-35-21-9-8-18-33(35)42-40(43)39-32(20-11-23-37(39)45-42)30-17-7-6-16-29(30)31-19-10-22-36-38(31)34-25-24-26-12-4-5-15-28(26)41(34)44-36/h1-27H;1-25H. The van der Waals surface area contributed by atoms with Crippen LogP contribution < -0.4 is 0 Å². The molecule has 0 aliphatic heterocycles. The van der Waals surface area contributed by atoms with E-state index in [1.807, 2.05) is 45.3 Å². The van der Waals surface area contributed by atoms with Crippen molar-refractivity contribution in [3.05, 3.63) is 315 Å². The highest BCUT2D eigenvalue weighted by Gasteiger charge is 2.25. The molecule has 6 heterocycles. The monoisotopic (exact) mass is 1240 g/mol. The second-order valence-electron chi connectivity index (χ2n) is 23.7. The van der Waals surface area contributed by atoms with Gasteiger partial charge < -0.3 is 9.13 Å². The van der Waals surface area contributed by atoms with E-state index < -0.39 is 0 Å². The molecule has 20 rings (SSSR count). The quantitative estimate of drug-likeness (QED) is 0.151. The summed E-state index contributed by atoms with van der Waals surface area (Å²) >= 11 is 7.62. The van der Waals surface area contributed by atoms with Gasteiger partial charge in [0.25, 0.3) is 0 Å². The zero-order valence-electron chi connectivity index (χ0n) is 49.5. The molecule has 0 radical (unpaired) electrons. The molecule has 2 nitrogen and oxygen atoms in total. The van der Waals surface area contributed by atoms with Gasteiger partial charge in [-0.05, 0) is 127 Å². The van der Waals surface area contributed by atoms with Crippen LogP contribution in [0.25, 0.3) is 181 Å². The summed E-state index contributed by atoms with van der Waals surface area (Å²) in [5, 5.41) is 13.2. The number of rotatable bonds is 7. The summed E-state index contributed by atoms with van der Waals surface area (Å²) in [6.07, 6.45) is 0. The van der Waals surface area contributed by atoms with Gasteiger partial charge in [0.2, 0.25) is 0 Å². The van der Waals surface area contributed by atoms with E-state index in [0.29, 0.717) is 0 Å². The molecule has 0 amide bonds. The molecule has 0 spiro atoms. The molecule has 6 heteroatoms. The first kappa shape index (κ1) is 53.2. The largest absolute Gasteiger partial charge is 0.308 e. The molecule has 0 fully saturated rings. The summed E-state index contributed by atoms with van der Waals surface area (Å²) in [6, 6.07) is 115. The van der Waals surface area contributed by atoms with Crippen molar-refractivity contribution in [1.29, 1.82) is 0 Å². The molecule has 0 unspecified atom stereocenters. The Morgan fingerprint density at radius 1 is 0.196 bits per heavy atom. The minimum absolute atomic E-state index is 1.19. The Balaban J connectivity index is 0.000000132. The maximum absolute atomic E-state index is 2.47. The van der Waals surface area contributed by atoms with Crippen LogP contribution in [0.15, 0.2) is 315 Å². The van der Waals surface area contributed by atoms with Gasteiger partial charge in [-0.1, -0.05) is 255 Å². The van der Waals surface area contributed by atoms with Crippen molar-refractivity contribution >= 4 is 159 Å². The third-order valence-corrected chi connectivity index (χ3v) is 23.4. The third kappa shape index (κ3) is 8.21. The van der Waals surface area contributed by atoms with Crippen LogP contribution in [0.2, 0.25) is 0 Å². The SMILES string of the molecule is c1ccc(-c2cccc3c2sc2cccc(-c4ccccc4-c4cccc5sc6c7ccccc7n(-c7ccccc7)c6c45)c23)cc1.c1ccc(-n2c3ccccc3c3sc4cccc(-c5ccccc5-c5cccc6sc7c8ccccc8ccc7c56)c4c32)cc1. The Kier molecular flexibility index (Phi) is 12.4. The van der Waals surface area contributed by atoms with E-state index in [4.69, 9.17) is 0 Å². The minimum Gasteiger partial charge on any atom is -0.308 e. The molecule has 0 bridgehead atoms. The molecule has 20 aromatic rings. The molecule has 0 aliphatic carbocycles. The first-order chi connectivity index (χ1) is 45.7. The lowest BCUT2D eigenvalue weighted by molar-refractivity contribution is 1.19. The van der Waals surface area contributed by atoms with Crippen LogP contribution >= 0.6 is 45.3 Å². The van der Waals surface area contributed by atoms with Gasteiger partial charge in [0, 0.05) is 82.7 Å². The Morgan fingerprint density at radius 2 is 0.533 bits per heavy atom. The molecule has 430 valence electrons. The van der Waals surface area contributed by atoms with Gasteiger partial charge in [-0.25, -0.2) is 0 Å². The molecule has 0 saturated heterocycles. The predicted octanol–water partition coefficient (Wildman–Crippen LogP) is 26.2. The molecule has 0 saturated carbocycles. The van der Waals surface area contributed by atoms with E-state index in [-0.39, 0.29) is 0 Å². The summed E-state index contributed by atoms with van der Waals surface area (Å²) in [7, 11) is 0. The number of hydrogen-bond acceptors (Lipinski definition) is 4. The fourth-order valence-corrected chi connectivity index (χ4v) is 19.8. The van der Waals surface area contributed by atoms with Crippen LogP contribution in [-0.2, 0) is 0 Å². The first-order valence-electron chi connectivity index (χ1n) is 31.2. The number of fused-ring (bicyclic) bond motifs is 18. The van der Waals surface area contributed by atoms with Crippen LogP contribution in [0.3, 0.4) is 0 Å². The lowest BCUT2D eigenvalue weighted by Crippen LogP contribution is -1.94. The lowest BCUT2D eigenvalue weighted by atomic mass is 9.90. The van der Waals surface area contributed by atoms with Gasteiger partial charge >= 0.3 is 0 Å². The Morgan fingerprint density at radius 3 is 1.03 bits per heavy atom. The second-order valence-corrected chi connectivity index (χ2v) is 27.9. The van der Waals surface area contributed by atoms with Crippen molar-refractivity contribution in [2.45, 2.75) is 0 Å². The molecule has 0 N–H and O–H groups in total. The molecule has 92 heavy (non-hydrogen) atoms. The number of aromatic nitrogens is 2. The van der Waals surface area contributed by atoms with E-state index in [1.165, 1.54) is 181 Å². The van der Waals surface area contributed by atoms with E-state index >= 15 is 0 Å². The Bertz CT molecular complexity index is 6310. The molecule has 14 aromatic carbocycles. The number of benzene rings is 14. The van der Waals surface area contributed by atoms with Gasteiger partial charge in [-0.2, -0.15) is 0 Å². The van der Waals surface area contributed by atoms with Gasteiger partial charge in [-0.3, -0.25) is 0 Å². The summed E-state index contributed by atoms with van der Waals surface area (Å²) in [4.78, 5) is 0. The van der Waals surface area contributed by atoms with Crippen LogP contribution in [0.5, 0.6) is 0 Å². The second kappa shape index (κ2) is 21.5. The summed E-state index contributed by atoms with van der Waals surface area (Å²) in [5.74, 6) is 0. The normalized spacial score (nSPS) is 11.9. The van der Waals surface area contributed by atoms with Crippen LogP contribution in [0.4, 0.5) is 0 Å². The van der Waals surface area contributed by atoms with E-state index in [2.05, 4.69) is 325 Å². The van der Waals surface area contributed by atoms with Crippen LogP contribution in [-0.4, -0.2) is 9.13 Å². The zero-order valence-corrected chi connectivity index (χ0v) is 52.8. The van der Waals surface area contributed by atoms with Crippen molar-refractivity contribution in [3.8, 4) is 67.0 Å². The van der Waals surface area contributed by atoms with Gasteiger partial charge in [0.1, 0.15) is 0 Å². The number of nitrogens with zero attached hydrogens (tertiary/aromatic N) is 2. The Hall–Kier alpha value is -10.7. The highest BCUT2D eigenvalue weighted by Crippen LogP contribution is 2.52. The average molecular weight is 1240 g/mol. The van der Waals surface area contributed by atoms with Gasteiger partial charge in [0.05, 0.1) is 31.5 Å². The summed E-state index contributed by atoms with van der Waals surface area (Å²) in [6.45, 7) is 0. The zero-order chi connectivity index (χ0) is 60.4. The summed E-state index contributed by atoms with van der Waals surface area (Å²) in [5.41, 5.74) is 20.2. The van der Waals surface area contributed by atoms with Gasteiger partial charge in [-0.15, -0.1) is 45.3 Å². The molecular formula is C86H52N2S4. The summed E-state index contributed by atoms with van der Waals surface area (Å²) < 4.78 is 15.6. The number of hydrogen-bond donors (Lipinski definition) is 0. The molecule has 0 aliphatic rings. The first-order valence-corrected chi connectivity index (χ1v) is 34.5. The highest BCUT2D eigenvalue weighted by molar-refractivity contribution is 7.28. The predicted molar refractivity (Wildman–Crippen MR) is 403 cm³/mol. The van der Waals surface area contributed by atoms with E-state index in [9.17, 15) is 0 Å². The average Bonchev–Trinajstić information content (AvgIpc) is 1.59. The van der Waals surface area contributed by atoms with Crippen molar-refractivity contribution in [1.82, 2.24) is 9.13 Å². The lowest BCUT2D eigenvalue weighted by Gasteiger charge is -2.14. The van der Waals surface area contributed by atoms with E-state index in [1.54, 1.807) is 0 Å². The number of thiophene rings is 4.